The normalized spacial score (nSPS) is 24.0. The molecule has 1 aliphatic heterocycles. The van der Waals surface area contributed by atoms with Crippen LogP contribution >= 0.6 is 0 Å². The van der Waals surface area contributed by atoms with Gasteiger partial charge in [-0.1, -0.05) is 6.92 Å². The number of aryl methyl sites for hydroxylation is 1. The Bertz CT molecular complexity index is 455. The first-order valence-corrected chi connectivity index (χ1v) is 5.56. The molecule has 1 fully saturated rings. The van der Waals surface area contributed by atoms with Gasteiger partial charge in [0.05, 0.1) is 11.8 Å². The molecular formula is C11H15N3O3. The predicted molar refractivity (Wildman–Crippen MR) is 59.6 cm³/mol. The predicted octanol–water partition coefficient (Wildman–Crippen LogP) is 0.653. The highest BCUT2D eigenvalue weighted by atomic mass is 16.4. The molecule has 1 saturated heterocycles. The van der Waals surface area contributed by atoms with Gasteiger partial charge in [0.2, 0.25) is 0 Å². The van der Waals surface area contributed by atoms with Crippen LogP contribution in [0.15, 0.2) is 6.20 Å². The number of carbonyl (C=O) groups excluding carboxylic acids is 1. The maximum Gasteiger partial charge on any atom is 0.326 e. The molecule has 0 aliphatic carbocycles. The molecule has 1 aliphatic rings. The molecule has 1 aromatic heterocycles. The van der Waals surface area contributed by atoms with E-state index in [0.29, 0.717) is 17.8 Å². The molecule has 17 heavy (non-hydrogen) atoms. The number of carbonyl (C=O) groups is 2. The van der Waals surface area contributed by atoms with Crippen molar-refractivity contribution in [1.82, 2.24) is 15.1 Å². The molecule has 0 radical (unpaired) electrons. The van der Waals surface area contributed by atoms with Crippen molar-refractivity contribution in [3.05, 3.63) is 17.5 Å². The fourth-order valence-electron chi connectivity index (χ4n) is 2.27. The molecule has 0 saturated carbocycles. The van der Waals surface area contributed by atoms with Crippen LogP contribution in [0.1, 0.15) is 29.4 Å². The number of nitrogens with zero attached hydrogens (tertiary/aromatic N) is 2. The van der Waals surface area contributed by atoms with Crippen molar-refractivity contribution in [2.75, 3.05) is 6.54 Å². The summed E-state index contributed by atoms with van der Waals surface area (Å²) in [5.74, 6) is -1.21. The van der Waals surface area contributed by atoms with Crippen molar-refractivity contribution in [3.8, 4) is 0 Å². The molecule has 2 atom stereocenters. The summed E-state index contributed by atoms with van der Waals surface area (Å²) in [5, 5.41) is 15.6. The number of H-pyrrole nitrogens is 1. The van der Waals surface area contributed by atoms with Crippen LogP contribution in [0.3, 0.4) is 0 Å². The number of amides is 1. The fourth-order valence-corrected chi connectivity index (χ4v) is 2.27. The molecule has 6 heteroatoms. The van der Waals surface area contributed by atoms with Crippen molar-refractivity contribution in [1.29, 1.82) is 0 Å². The number of carboxylic acids is 1. The number of aromatic nitrogens is 2. The van der Waals surface area contributed by atoms with Crippen LogP contribution in [-0.4, -0.2) is 44.7 Å². The summed E-state index contributed by atoms with van der Waals surface area (Å²) in [7, 11) is 0. The number of rotatable bonds is 2. The summed E-state index contributed by atoms with van der Waals surface area (Å²) in [6.07, 6.45) is 2.17. The summed E-state index contributed by atoms with van der Waals surface area (Å²) in [4.78, 5) is 24.8. The highest BCUT2D eigenvalue weighted by Crippen LogP contribution is 2.26. The monoisotopic (exact) mass is 237 g/mol. The van der Waals surface area contributed by atoms with Gasteiger partial charge in [-0.2, -0.15) is 5.10 Å². The zero-order valence-electron chi connectivity index (χ0n) is 9.80. The van der Waals surface area contributed by atoms with E-state index in [4.69, 9.17) is 5.11 Å². The van der Waals surface area contributed by atoms with Crippen molar-refractivity contribution in [3.63, 3.8) is 0 Å². The Morgan fingerprint density at radius 2 is 2.29 bits per heavy atom. The van der Waals surface area contributed by atoms with Gasteiger partial charge < -0.3 is 10.0 Å². The van der Waals surface area contributed by atoms with Crippen molar-refractivity contribution in [2.24, 2.45) is 5.92 Å². The summed E-state index contributed by atoms with van der Waals surface area (Å²) >= 11 is 0. The van der Waals surface area contributed by atoms with Crippen LogP contribution in [-0.2, 0) is 4.79 Å². The molecule has 1 aromatic rings. The molecule has 2 N–H and O–H groups in total. The van der Waals surface area contributed by atoms with Gasteiger partial charge in [-0.25, -0.2) is 4.79 Å². The lowest BCUT2D eigenvalue weighted by Crippen LogP contribution is -2.42. The van der Waals surface area contributed by atoms with E-state index >= 15 is 0 Å². The first-order chi connectivity index (χ1) is 8.02. The average molecular weight is 237 g/mol. The number of hydrogen-bond acceptors (Lipinski definition) is 3. The van der Waals surface area contributed by atoms with E-state index in [1.54, 1.807) is 6.92 Å². The molecule has 2 rings (SSSR count). The van der Waals surface area contributed by atoms with E-state index < -0.39 is 12.0 Å². The molecule has 92 valence electrons. The summed E-state index contributed by atoms with van der Waals surface area (Å²) in [5.41, 5.74) is 1.11. The van der Waals surface area contributed by atoms with Crippen LogP contribution in [0.5, 0.6) is 0 Å². The Hall–Kier alpha value is -1.85. The van der Waals surface area contributed by atoms with E-state index in [0.717, 1.165) is 6.42 Å². The Balaban J connectivity index is 2.26. The topological polar surface area (TPSA) is 86.3 Å². The summed E-state index contributed by atoms with van der Waals surface area (Å²) in [6, 6.07) is -0.725. The van der Waals surface area contributed by atoms with Crippen molar-refractivity contribution in [2.45, 2.75) is 26.3 Å². The zero-order valence-corrected chi connectivity index (χ0v) is 9.80. The highest BCUT2D eigenvalue weighted by Gasteiger charge is 2.40. The smallest absolute Gasteiger partial charge is 0.326 e. The molecule has 2 unspecified atom stereocenters. The van der Waals surface area contributed by atoms with E-state index in [1.165, 1.54) is 11.1 Å². The Morgan fingerprint density at radius 3 is 2.82 bits per heavy atom. The average Bonchev–Trinajstić information content (AvgIpc) is 2.83. The second-order valence-corrected chi connectivity index (χ2v) is 4.46. The van der Waals surface area contributed by atoms with Crippen LogP contribution in [0, 0.1) is 12.8 Å². The number of carboxylic acid groups (broad SMARTS) is 1. The number of nitrogens with one attached hydrogen (secondary N) is 1. The maximum atomic E-state index is 12.2. The second kappa shape index (κ2) is 4.20. The van der Waals surface area contributed by atoms with Gasteiger partial charge in [-0.15, -0.1) is 0 Å². The van der Waals surface area contributed by atoms with E-state index in [1.807, 2.05) is 6.92 Å². The molecule has 1 amide bonds. The second-order valence-electron chi connectivity index (χ2n) is 4.46. The third-order valence-electron chi connectivity index (χ3n) is 3.27. The molecule has 0 aromatic carbocycles. The van der Waals surface area contributed by atoms with E-state index in [2.05, 4.69) is 10.2 Å². The highest BCUT2D eigenvalue weighted by molar-refractivity contribution is 5.97. The molecule has 2 heterocycles. The van der Waals surface area contributed by atoms with Gasteiger partial charge in [0, 0.05) is 12.2 Å². The lowest BCUT2D eigenvalue weighted by atomic mass is 10.0. The number of hydrogen-bond donors (Lipinski definition) is 2. The Kier molecular flexibility index (Phi) is 2.87. The molecule has 6 nitrogen and oxygen atoms in total. The van der Waals surface area contributed by atoms with Gasteiger partial charge in [0.25, 0.3) is 5.91 Å². The van der Waals surface area contributed by atoms with Crippen LogP contribution in [0.4, 0.5) is 0 Å². The van der Waals surface area contributed by atoms with Gasteiger partial charge in [-0.3, -0.25) is 9.89 Å². The lowest BCUT2D eigenvalue weighted by molar-refractivity contribution is -0.142. The molecule has 0 bridgehead atoms. The van der Waals surface area contributed by atoms with Crippen LogP contribution in [0.25, 0.3) is 0 Å². The van der Waals surface area contributed by atoms with E-state index in [9.17, 15) is 9.59 Å². The minimum atomic E-state index is -0.940. The number of aromatic amines is 1. The molecular weight excluding hydrogens is 222 g/mol. The molecule has 0 spiro atoms. The quantitative estimate of drug-likeness (QED) is 0.790. The lowest BCUT2D eigenvalue weighted by Gasteiger charge is -2.23. The summed E-state index contributed by atoms with van der Waals surface area (Å²) < 4.78 is 0. The Morgan fingerprint density at radius 1 is 1.59 bits per heavy atom. The minimum absolute atomic E-state index is 0.0105. The summed E-state index contributed by atoms with van der Waals surface area (Å²) in [6.45, 7) is 4.09. The largest absolute Gasteiger partial charge is 0.480 e. The third-order valence-corrected chi connectivity index (χ3v) is 3.27. The van der Waals surface area contributed by atoms with Crippen molar-refractivity contribution < 1.29 is 14.7 Å². The van der Waals surface area contributed by atoms with Gasteiger partial charge in [0.1, 0.15) is 6.04 Å². The third kappa shape index (κ3) is 1.90. The van der Waals surface area contributed by atoms with Gasteiger partial charge >= 0.3 is 5.97 Å². The zero-order chi connectivity index (χ0) is 12.6. The van der Waals surface area contributed by atoms with Crippen molar-refractivity contribution >= 4 is 11.9 Å². The first-order valence-electron chi connectivity index (χ1n) is 5.56. The SMILES string of the molecule is Cc1[nH]ncc1C(=O)N1CCC(C)C1C(=O)O. The number of aliphatic carboxylic acids is 1. The minimum Gasteiger partial charge on any atom is -0.480 e. The Labute approximate surface area is 98.6 Å². The van der Waals surface area contributed by atoms with Crippen LogP contribution < -0.4 is 0 Å². The van der Waals surface area contributed by atoms with E-state index in [-0.39, 0.29) is 11.8 Å². The standard InChI is InChI=1S/C11H15N3O3/c1-6-3-4-14(9(6)11(16)17)10(15)8-5-12-13-7(8)2/h5-6,9H,3-4H2,1-2H3,(H,12,13)(H,16,17). The van der Waals surface area contributed by atoms with Gasteiger partial charge in [-0.05, 0) is 19.3 Å². The van der Waals surface area contributed by atoms with Gasteiger partial charge in [0.15, 0.2) is 0 Å². The van der Waals surface area contributed by atoms with Crippen LogP contribution in [0.2, 0.25) is 0 Å². The first kappa shape index (κ1) is 11.6. The fraction of sp³-hybridized carbons (Fsp3) is 0.545. The maximum absolute atomic E-state index is 12.2. The number of likely N-dealkylation sites (tertiary alicyclic amines) is 1.